The molecule has 0 aliphatic carbocycles. The molecule has 0 aliphatic rings. The third-order valence-electron chi connectivity index (χ3n) is 3.16. The minimum Gasteiger partial charge on any atom is -0.481 e. The summed E-state index contributed by atoms with van der Waals surface area (Å²) in [6, 6.07) is 5.86. The largest absolute Gasteiger partial charge is 0.481 e. The Morgan fingerprint density at radius 3 is 2.95 bits per heavy atom. The first-order valence-electron chi connectivity index (χ1n) is 6.25. The average molecular weight is 339 g/mol. The summed E-state index contributed by atoms with van der Waals surface area (Å²) < 4.78 is 2.58. The number of benzene rings is 1. The minimum absolute atomic E-state index is 0.423. The molecule has 106 valence electrons. The van der Waals surface area contributed by atoms with Crippen molar-refractivity contribution in [3.05, 3.63) is 28.2 Å². The van der Waals surface area contributed by atoms with E-state index in [2.05, 4.69) is 31.5 Å². The van der Waals surface area contributed by atoms with Crippen LogP contribution in [0.3, 0.4) is 0 Å². The maximum absolute atomic E-state index is 10.8. The van der Waals surface area contributed by atoms with Crippen LogP contribution in [0.1, 0.15) is 18.9 Å². The molecule has 1 aromatic carbocycles. The number of carbonyl (C=O) groups is 1. The lowest BCUT2D eigenvalue weighted by Gasteiger charge is -2.09. The molecular formula is C13H15BrN4O2. The van der Waals surface area contributed by atoms with Gasteiger partial charge in [-0.2, -0.15) is 0 Å². The zero-order valence-electron chi connectivity index (χ0n) is 11.2. The van der Waals surface area contributed by atoms with Gasteiger partial charge in [-0.25, -0.2) is 4.68 Å². The summed E-state index contributed by atoms with van der Waals surface area (Å²) in [6.07, 6.45) is 0.483. The Balaban J connectivity index is 2.25. The summed E-state index contributed by atoms with van der Waals surface area (Å²) >= 11 is 3.54. The number of halogens is 1. The van der Waals surface area contributed by atoms with Gasteiger partial charge in [0.1, 0.15) is 0 Å². The highest BCUT2D eigenvalue weighted by molar-refractivity contribution is 9.10. The van der Waals surface area contributed by atoms with E-state index >= 15 is 0 Å². The number of nitrogens with zero attached hydrogens (tertiary/aromatic N) is 4. The molecule has 1 atom stereocenters. The second kappa shape index (κ2) is 6.13. The third kappa shape index (κ3) is 3.04. The van der Waals surface area contributed by atoms with Crippen molar-refractivity contribution in [3.8, 4) is 11.4 Å². The van der Waals surface area contributed by atoms with Crippen LogP contribution in [0.15, 0.2) is 22.7 Å². The first-order chi connectivity index (χ1) is 9.50. The average Bonchev–Trinajstić information content (AvgIpc) is 2.87. The van der Waals surface area contributed by atoms with Crippen LogP contribution in [-0.4, -0.2) is 31.3 Å². The quantitative estimate of drug-likeness (QED) is 0.905. The Hall–Kier alpha value is -1.76. The topological polar surface area (TPSA) is 80.9 Å². The van der Waals surface area contributed by atoms with Gasteiger partial charge in [-0.1, -0.05) is 19.1 Å². The summed E-state index contributed by atoms with van der Waals surface area (Å²) in [5.41, 5.74) is 1.99. The Morgan fingerprint density at radius 1 is 1.50 bits per heavy atom. The van der Waals surface area contributed by atoms with Crippen LogP contribution in [0, 0.1) is 12.8 Å². The van der Waals surface area contributed by atoms with Crippen LogP contribution >= 0.6 is 15.9 Å². The Kier molecular flexibility index (Phi) is 4.49. The Labute approximate surface area is 124 Å². The van der Waals surface area contributed by atoms with E-state index in [0.717, 1.165) is 15.6 Å². The molecule has 0 spiro atoms. The van der Waals surface area contributed by atoms with Crippen LogP contribution in [0.4, 0.5) is 0 Å². The number of aliphatic carboxylic acids is 1. The van der Waals surface area contributed by atoms with E-state index in [9.17, 15) is 4.79 Å². The molecule has 1 heterocycles. The van der Waals surface area contributed by atoms with Crippen molar-refractivity contribution in [1.82, 2.24) is 20.2 Å². The molecule has 0 aliphatic heterocycles. The molecule has 20 heavy (non-hydrogen) atoms. The van der Waals surface area contributed by atoms with Crippen molar-refractivity contribution in [2.75, 3.05) is 0 Å². The molecule has 0 bridgehead atoms. The SMILES string of the molecule is Cc1cccc(-c2nnnn2CCC(C)C(=O)O)c1Br. The summed E-state index contributed by atoms with van der Waals surface area (Å²) in [4.78, 5) is 10.8. The van der Waals surface area contributed by atoms with E-state index in [-0.39, 0.29) is 0 Å². The molecule has 1 N–H and O–H groups in total. The van der Waals surface area contributed by atoms with Gasteiger partial charge in [-0.3, -0.25) is 4.79 Å². The molecule has 0 fully saturated rings. The van der Waals surface area contributed by atoms with E-state index in [1.807, 2.05) is 25.1 Å². The standard InChI is InChI=1S/C13H15BrN4O2/c1-8-4-3-5-10(11(8)14)12-15-16-17-18(12)7-6-9(2)13(19)20/h3-5,9H,6-7H2,1-2H3,(H,19,20). The predicted octanol–water partition coefficient (Wildman–Crippen LogP) is 2.52. The zero-order chi connectivity index (χ0) is 14.7. The van der Waals surface area contributed by atoms with Gasteiger partial charge in [0.2, 0.25) is 0 Å². The maximum atomic E-state index is 10.8. The van der Waals surface area contributed by atoms with E-state index in [1.165, 1.54) is 0 Å². The fourth-order valence-corrected chi connectivity index (χ4v) is 2.25. The summed E-state index contributed by atoms with van der Waals surface area (Å²) in [6.45, 7) is 4.14. The molecule has 1 aromatic heterocycles. The number of aromatic nitrogens is 4. The third-order valence-corrected chi connectivity index (χ3v) is 4.21. The molecular weight excluding hydrogens is 324 g/mol. The Morgan fingerprint density at radius 2 is 2.25 bits per heavy atom. The van der Waals surface area contributed by atoms with E-state index < -0.39 is 11.9 Å². The van der Waals surface area contributed by atoms with Gasteiger partial charge in [0.15, 0.2) is 5.82 Å². The minimum atomic E-state index is -0.809. The lowest BCUT2D eigenvalue weighted by atomic mass is 10.1. The van der Waals surface area contributed by atoms with E-state index in [1.54, 1.807) is 11.6 Å². The molecule has 2 rings (SSSR count). The highest BCUT2D eigenvalue weighted by atomic mass is 79.9. The van der Waals surface area contributed by atoms with Gasteiger partial charge in [-0.05, 0) is 51.3 Å². The normalized spacial score (nSPS) is 12.3. The van der Waals surface area contributed by atoms with Crippen LogP contribution < -0.4 is 0 Å². The lowest BCUT2D eigenvalue weighted by Crippen LogP contribution is -2.14. The molecule has 6 nitrogen and oxygen atoms in total. The molecule has 0 saturated heterocycles. The fourth-order valence-electron chi connectivity index (χ4n) is 1.81. The van der Waals surface area contributed by atoms with Gasteiger partial charge >= 0.3 is 5.97 Å². The predicted molar refractivity (Wildman–Crippen MR) is 77.1 cm³/mol. The monoisotopic (exact) mass is 338 g/mol. The van der Waals surface area contributed by atoms with Gasteiger partial charge < -0.3 is 5.11 Å². The van der Waals surface area contributed by atoms with Gasteiger partial charge in [0.05, 0.1) is 5.92 Å². The second-order valence-corrected chi connectivity index (χ2v) is 5.48. The van der Waals surface area contributed by atoms with Crippen molar-refractivity contribution in [3.63, 3.8) is 0 Å². The molecule has 0 saturated carbocycles. The van der Waals surface area contributed by atoms with Crippen LogP contribution in [0.25, 0.3) is 11.4 Å². The summed E-state index contributed by atoms with van der Waals surface area (Å²) in [5, 5.41) is 20.6. The number of hydrogen-bond acceptors (Lipinski definition) is 4. The van der Waals surface area contributed by atoms with E-state index in [4.69, 9.17) is 5.11 Å². The van der Waals surface area contributed by atoms with Gasteiger partial charge in [0, 0.05) is 16.6 Å². The highest BCUT2D eigenvalue weighted by Crippen LogP contribution is 2.29. The van der Waals surface area contributed by atoms with Gasteiger partial charge in [-0.15, -0.1) is 5.10 Å². The fraction of sp³-hybridized carbons (Fsp3) is 0.385. The highest BCUT2D eigenvalue weighted by Gasteiger charge is 2.16. The number of carboxylic acid groups (broad SMARTS) is 1. The lowest BCUT2D eigenvalue weighted by molar-refractivity contribution is -0.141. The number of carboxylic acids is 1. The summed E-state index contributed by atoms with van der Waals surface area (Å²) in [7, 11) is 0. The van der Waals surface area contributed by atoms with Crippen LogP contribution in [0.5, 0.6) is 0 Å². The van der Waals surface area contributed by atoms with Crippen molar-refractivity contribution < 1.29 is 9.90 Å². The summed E-state index contributed by atoms with van der Waals surface area (Å²) in [5.74, 6) is -0.595. The smallest absolute Gasteiger partial charge is 0.306 e. The molecule has 1 unspecified atom stereocenters. The first kappa shape index (κ1) is 14.6. The second-order valence-electron chi connectivity index (χ2n) is 4.69. The van der Waals surface area contributed by atoms with Gasteiger partial charge in [0.25, 0.3) is 0 Å². The van der Waals surface area contributed by atoms with Crippen LogP contribution in [-0.2, 0) is 11.3 Å². The number of aryl methyl sites for hydroxylation is 2. The maximum Gasteiger partial charge on any atom is 0.306 e. The molecule has 0 radical (unpaired) electrons. The molecule has 0 amide bonds. The Bertz CT molecular complexity index is 627. The van der Waals surface area contributed by atoms with Crippen molar-refractivity contribution >= 4 is 21.9 Å². The van der Waals surface area contributed by atoms with Crippen molar-refractivity contribution in [2.45, 2.75) is 26.8 Å². The van der Waals surface area contributed by atoms with Crippen molar-refractivity contribution in [2.24, 2.45) is 5.92 Å². The molecule has 2 aromatic rings. The zero-order valence-corrected chi connectivity index (χ0v) is 12.8. The first-order valence-corrected chi connectivity index (χ1v) is 7.04. The number of tetrazole rings is 1. The van der Waals surface area contributed by atoms with E-state index in [0.29, 0.717) is 18.8 Å². The number of rotatable bonds is 5. The number of hydrogen-bond donors (Lipinski definition) is 1. The van der Waals surface area contributed by atoms with Crippen molar-refractivity contribution in [1.29, 1.82) is 0 Å². The molecule has 7 heteroatoms. The van der Waals surface area contributed by atoms with Crippen LogP contribution in [0.2, 0.25) is 0 Å².